The number of benzene rings is 2. The number of hydrogen-bond donors (Lipinski definition) is 2. The predicted octanol–water partition coefficient (Wildman–Crippen LogP) is 4.10. The van der Waals surface area contributed by atoms with Gasteiger partial charge in [0.2, 0.25) is 0 Å². The van der Waals surface area contributed by atoms with Gasteiger partial charge >= 0.3 is 11.8 Å². The number of anilines is 2. The number of hydrogen-bond acceptors (Lipinski definition) is 2. The minimum absolute atomic E-state index is 0.542. The van der Waals surface area contributed by atoms with Crippen LogP contribution in [-0.2, 0) is 9.59 Å². The highest BCUT2D eigenvalue weighted by atomic mass is 79.9. The third-order valence-corrected chi connectivity index (χ3v) is 4.05. The number of carbonyl (C=O) groups excluding carboxylic acids is 2. The molecule has 2 rings (SSSR count). The van der Waals surface area contributed by atoms with Crippen LogP contribution in [0.5, 0.6) is 0 Å². The first-order valence-electron chi connectivity index (χ1n) is 6.10. The first-order valence-corrected chi connectivity index (χ1v) is 7.69. The lowest BCUT2D eigenvalue weighted by atomic mass is 10.2. The van der Waals surface area contributed by atoms with Crippen molar-refractivity contribution in [3.05, 3.63) is 57.0 Å². The highest BCUT2D eigenvalue weighted by Gasteiger charge is 2.16. The van der Waals surface area contributed by atoms with Gasteiger partial charge in [-0.05, 0) is 68.6 Å². The molecule has 0 unspecified atom stereocenters. The van der Waals surface area contributed by atoms with Gasteiger partial charge in [-0.2, -0.15) is 0 Å². The largest absolute Gasteiger partial charge is 0.317 e. The van der Waals surface area contributed by atoms with Crippen LogP contribution in [-0.4, -0.2) is 11.8 Å². The normalized spacial score (nSPS) is 10.0. The third-order valence-electron chi connectivity index (χ3n) is 2.70. The zero-order chi connectivity index (χ0) is 15.4. The molecule has 2 N–H and O–H groups in total. The second kappa shape index (κ2) is 6.87. The zero-order valence-corrected chi connectivity index (χ0v) is 14.3. The average molecular weight is 412 g/mol. The Hall–Kier alpha value is -1.66. The Balaban J connectivity index is 2.06. The predicted molar refractivity (Wildman–Crippen MR) is 90.3 cm³/mol. The van der Waals surface area contributed by atoms with E-state index in [2.05, 4.69) is 42.5 Å². The fourth-order valence-corrected chi connectivity index (χ4v) is 2.62. The van der Waals surface area contributed by atoms with Gasteiger partial charge in [0.15, 0.2) is 0 Å². The van der Waals surface area contributed by atoms with E-state index in [-0.39, 0.29) is 0 Å². The first-order chi connectivity index (χ1) is 9.97. The third kappa shape index (κ3) is 4.15. The fraction of sp³-hybridized carbons (Fsp3) is 0.0667. The molecule has 4 nitrogen and oxygen atoms in total. The molecule has 0 radical (unpaired) electrons. The average Bonchev–Trinajstić information content (AvgIpc) is 2.44. The quantitative estimate of drug-likeness (QED) is 0.731. The Morgan fingerprint density at radius 3 is 2.00 bits per heavy atom. The monoisotopic (exact) mass is 410 g/mol. The highest BCUT2D eigenvalue weighted by Crippen LogP contribution is 2.24. The molecule has 0 saturated heterocycles. The van der Waals surface area contributed by atoms with Crippen molar-refractivity contribution in [1.82, 2.24) is 0 Å². The van der Waals surface area contributed by atoms with E-state index in [0.717, 1.165) is 10.0 Å². The van der Waals surface area contributed by atoms with Gasteiger partial charge in [-0.1, -0.05) is 18.2 Å². The second-order valence-corrected chi connectivity index (χ2v) is 6.08. The maximum Gasteiger partial charge on any atom is 0.314 e. The van der Waals surface area contributed by atoms with Gasteiger partial charge in [0.05, 0.1) is 11.4 Å². The summed E-state index contributed by atoms with van der Waals surface area (Å²) in [6, 6.07) is 12.5. The van der Waals surface area contributed by atoms with Crippen LogP contribution in [0.15, 0.2) is 51.4 Å². The van der Waals surface area contributed by atoms with Crippen molar-refractivity contribution in [2.24, 2.45) is 0 Å². The molecular formula is C15H12Br2N2O2. The number of halogens is 2. The van der Waals surface area contributed by atoms with Crippen molar-refractivity contribution in [3.63, 3.8) is 0 Å². The SMILES string of the molecule is Cc1ccc(NC(=O)C(=O)Nc2ccccc2Br)c(Br)c1. The fourth-order valence-electron chi connectivity index (χ4n) is 1.64. The lowest BCUT2D eigenvalue weighted by molar-refractivity contribution is -0.133. The summed E-state index contributed by atoms with van der Waals surface area (Å²) >= 11 is 6.66. The van der Waals surface area contributed by atoms with Crippen LogP contribution < -0.4 is 10.6 Å². The Bertz CT molecular complexity index is 702. The minimum Gasteiger partial charge on any atom is -0.317 e. The van der Waals surface area contributed by atoms with Crippen molar-refractivity contribution in [3.8, 4) is 0 Å². The molecule has 0 aliphatic carbocycles. The first kappa shape index (κ1) is 15.7. The van der Waals surface area contributed by atoms with Crippen molar-refractivity contribution in [2.45, 2.75) is 6.92 Å². The summed E-state index contributed by atoms with van der Waals surface area (Å²) < 4.78 is 1.44. The molecule has 0 bridgehead atoms. The molecule has 2 aromatic rings. The van der Waals surface area contributed by atoms with Gasteiger partial charge in [0.25, 0.3) is 0 Å². The van der Waals surface area contributed by atoms with Crippen LogP contribution in [0.3, 0.4) is 0 Å². The maximum absolute atomic E-state index is 11.9. The summed E-state index contributed by atoms with van der Waals surface area (Å²) in [5, 5.41) is 5.11. The van der Waals surface area contributed by atoms with Crippen molar-refractivity contribution >= 4 is 55.0 Å². The summed E-state index contributed by atoms with van der Waals surface area (Å²) in [5.41, 5.74) is 2.14. The molecular weight excluding hydrogens is 400 g/mol. The molecule has 0 saturated carbocycles. The van der Waals surface area contributed by atoms with Gasteiger partial charge < -0.3 is 10.6 Å². The zero-order valence-electron chi connectivity index (χ0n) is 11.1. The molecule has 0 aliphatic rings. The molecule has 2 amide bonds. The van der Waals surface area contributed by atoms with Crippen LogP contribution in [0.1, 0.15) is 5.56 Å². The van der Waals surface area contributed by atoms with Crippen LogP contribution in [0.25, 0.3) is 0 Å². The van der Waals surface area contributed by atoms with Gasteiger partial charge in [-0.3, -0.25) is 9.59 Å². The molecule has 21 heavy (non-hydrogen) atoms. The van der Waals surface area contributed by atoms with Crippen LogP contribution >= 0.6 is 31.9 Å². The Morgan fingerprint density at radius 1 is 0.857 bits per heavy atom. The lowest BCUT2D eigenvalue weighted by Crippen LogP contribution is -2.29. The number of nitrogens with one attached hydrogen (secondary N) is 2. The second-order valence-electron chi connectivity index (χ2n) is 4.37. The van der Waals surface area contributed by atoms with E-state index in [1.54, 1.807) is 24.3 Å². The van der Waals surface area contributed by atoms with Gasteiger partial charge in [-0.25, -0.2) is 0 Å². The molecule has 0 atom stereocenters. The van der Waals surface area contributed by atoms with E-state index in [1.165, 1.54) is 0 Å². The van der Waals surface area contributed by atoms with Crippen LogP contribution in [0, 0.1) is 6.92 Å². The topological polar surface area (TPSA) is 58.2 Å². The molecule has 0 spiro atoms. The smallest absolute Gasteiger partial charge is 0.314 e. The van der Waals surface area contributed by atoms with E-state index in [0.29, 0.717) is 15.8 Å². The van der Waals surface area contributed by atoms with Crippen molar-refractivity contribution < 1.29 is 9.59 Å². The van der Waals surface area contributed by atoms with E-state index >= 15 is 0 Å². The number of carbonyl (C=O) groups is 2. The summed E-state index contributed by atoms with van der Waals surface area (Å²) in [6.07, 6.45) is 0. The van der Waals surface area contributed by atoms with Crippen LogP contribution in [0.2, 0.25) is 0 Å². The molecule has 0 fully saturated rings. The maximum atomic E-state index is 11.9. The molecule has 0 aromatic heterocycles. The van der Waals surface area contributed by atoms with Crippen molar-refractivity contribution in [1.29, 1.82) is 0 Å². The molecule has 0 aliphatic heterocycles. The lowest BCUT2D eigenvalue weighted by Gasteiger charge is -2.09. The number of amides is 2. The summed E-state index contributed by atoms with van der Waals surface area (Å²) in [5.74, 6) is -1.45. The molecule has 108 valence electrons. The van der Waals surface area contributed by atoms with Gasteiger partial charge in [0.1, 0.15) is 0 Å². The Labute approximate surface area is 139 Å². The van der Waals surface area contributed by atoms with E-state index in [9.17, 15) is 9.59 Å². The summed E-state index contributed by atoms with van der Waals surface area (Å²) in [6.45, 7) is 1.94. The number of rotatable bonds is 2. The minimum atomic E-state index is -0.727. The molecule has 6 heteroatoms. The van der Waals surface area contributed by atoms with E-state index in [1.807, 2.05) is 25.1 Å². The Morgan fingerprint density at radius 2 is 1.43 bits per heavy atom. The standard InChI is InChI=1S/C15H12Br2N2O2/c1-9-6-7-13(11(17)8-9)19-15(21)14(20)18-12-5-3-2-4-10(12)16/h2-8H,1H3,(H,18,20)(H,19,21). The summed E-state index contributed by atoms with van der Waals surface area (Å²) in [7, 11) is 0. The highest BCUT2D eigenvalue weighted by molar-refractivity contribution is 9.11. The Kier molecular flexibility index (Phi) is 5.14. The van der Waals surface area contributed by atoms with Crippen LogP contribution in [0.4, 0.5) is 11.4 Å². The van der Waals surface area contributed by atoms with Gasteiger partial charge in [-0.15, -0.1) is 0 Å². The van der Waals surface area contributed by atoms with E-state index in [4.69, 9.17) is 0 Å². The molecule has 2 aromatic carbocycles. The van der Waals surface area contributed by atoms with E-state index < -0.39 is 11.8 Å². The number of aryl methyl sites for hydroxylation is 1. The molecule has 0 heterocycles. The van der Waals surface area contributed by atoms with Crippen molar-refractivity contribution in [2.75, 3.05) is 10.6 Å². The van der Waals surface area contributed by atoms with Gasteiger partial charge in [0, 0.05) is 8.95 Å². The number of para-hydroxylation sites is 1. The summed E-state index contributed by atoms with van der Waals surface area (Å²) in [4.78, 5) is 23.8.